The van der Waals surface area contributed by atoms with Crippen molar-refractivity contribution in [1.82, 2.24) is 15.2 Å². The fourth-order valence-corrected chi connectivity index (χ4v) is 7.05. The number of carbonyl (C=O) groups excluding carboxylic acids is 3. The molecule has 1 fully saturated rings. The van der Waals surface area contributed by atoms with E-state index >= 15 is 0 Å². The van der Waals surface area contributed by atoms with Crippen molar-refractivity contribution in [2.45, 2.75) is 51.4 Å². The van der Waals surface area contributed by atoms with Gasteiger partial charge in [-0.25, -0.2) is 0 Å². The van der Waals surface area contributed by atoms with Gasteiger partial charge in [-0.3, -0.25) is 19.3 Å². The molecule has 0 saturated heterocycles. The molecule has 5 rings (SSSR count). The number of nitrogens with two attached hydrogens (primary N) is 1. The number of aromatic hydroxyl groups is 1. The first-order valence-electron chi connectivity index (χ1n) is 14.2. The van der Waals surface area contributed by atoms with Gasteiger partial charge >= 0.3 is 0 Å². The second kappa shape index (κ2) is 10.5. The van der Waals surface area contributed by atoms with E-state index in [0.29, 0.717) is 17.7 Å². The first-order valence-corrected chi connectivity index (χ1v) is 14.2. The number of likely N-dealkylation sites (N-methyl/N-ethyl adjacent to an activating group) is 1. The van der Waals surface area contributed by atoms with Crippen LogP contribution in [-0.2, 0) is 33.9 Å². The van der Waals surface area contributed by atoms with E-state index in [2.05, 4.69) is 10.3 Å². The maximum absolute atomic E-state index is 14.1. The highest BCUT2D eigenvalue weighted by atomic mass is 16.3. The minimum atomic E-state index is -2.67. The fourth-order valence-electron chi connectivity index (χ4n) is 7.05. The van der Waals surface area contributed by atoms with Crippen LogP contribution in [0.1, 0.15) is 40.1 Å². The third kappa shape index (κ3) is 4.52. The Balaban J connectivity index is 1.61. The summed E-state index contributed by atoms with van der Waals surface area (Å²) in [6.45, 7) is 4.76. The van der Waals surface area contributed by atoms with Gasteiger partial charge in [0.2, 0.25) is 5.78 Å². The van der Waals surface area contributed by atoms with Gasteiger partial charge in [0.05, 0.1) is 11.6 Å². The summed E-state index contributed by atoms with van der Waals surface area (Å²) in [5, 5.41) is 49.2. The number of amides is 1. The van der Waals surface area contributed by atoms with Gasteiger partial charge in [0.25, 0.3) is 5.91 Å². The molecule has 1 heterocycles. The number of aromatic nitrogens is 1. The standard InChI is InChI=1S/C31H39N5O7/c1-13-7-17(34-14(13)2)12-33-11-16-10-20(35(3)4)18-8-15-9-19-24(36(5)6)27(39)23(30(32)42)29(41)31(19,43)28(40)21(15)26(38)22(18)25(16)37/h7,10,15,19,24,33-34,37-38,41,43H,8-9,11-12H2,1-6H3,(H2,32,42)/t15-,19-,24-,31-/m0/s1. The van der Waals surface area contributed by atoms with Crippen molar-refractivity contribution in [3.8, 4) is 5.75 Å². The molecule has 0 aliphatic heterocycles. The Bertz CT molecular complexity index is 1600. The van der Waals surface area contributed by atoms with Gasteiger partial charge < -0.3 is 41.4 Å². The van der Waals surface area contributed by atoms with Gasteiger partial charge in [-0.1, -0.05) is 0 Å². The monoisotopic (exact) mass is 593 g/mol. The Kier molecular flexibility index (Phi) is 7.44. The van der Waals surface area contributed by atoms with E-state index in [1.807, 2.05) is 45.0 Å². The fraction of sp³-hybridized carbons (Fsp3) is 0.452. The maximum atomic E-state index is 14.1. The van der Waals surface area contributed by atoms with Crippen LogP contribution in [0.2, 0.25) is 0 Å². The summed E-state index contributed by atoms with van der Waals surface area (Å²) < 4.78 is 0. The van der Waals surface area contributed by atoms with Gasteiger partial charge in [-0.05, 0) is 70.0 Å². The average Bonchev–Trinajstić information content (AvgIpc) is 3.23. The normalized spacial score (nSPS) is 25.2. The zero-order chi connectivity index (χ0) is 31.7. The van der Waals surface area contributed by atoms with Crippen LogP contribution in [0.5, 0.6) is 5.75 Å². The SMILES string of the molecule is Cc1cc(CNCc2cc(N(C)C)c3c(c2O)C(O)=C2C(=O)[C@]4(O)C(O)=C(C(N)=O)C(=O)[C@@H](N(C)C)[C@@H]4C[C@@H]2C3)[nH]c1C. The molecule has 1 saturated carbocycles. The number of phenolic OH excluding ortho intramolecular Hbond substituents is 1. The van der Waals surface area contributed by atoms with Crippen molar-refractivity contribution in [3.63, 3.8) is 0 Å². The van der Waals surface area contributed by atoms with E-state index in [4.69, 9.17) is 5.73 Å². The summed E-state index contributed by atoms with van der Waals surface area (Å²) in [5.41, 5.74) is 6.83. The van der Waals surface area contributed by atoms with Crippen LogP contribution in [0.15, 0.2) is 29.0 Å². The molecule has 3 aliphatic rings. The Morgan fingerprint density at radius 3 is 2.35 bits per heavy atom. The third-order valence-electron chi connectivity index (χ3n) is 9.22. The number of benzene rings is 1. The summed E-state index contributed by atoms with van der Waals surface area (Å²) in [6.07, 6.45) is 0.266. The first kappa shape index (κ1) is 30.3. The van der Waals surface area contributed by atoms with E-state index in [0.717, 1.165) is 22.6 Å². The molecular weight excluding hydrogens is 554 g/mol. The number of aromatic amines is 1. The number of nitrogens with one attached hydrogen (secondary N) is 2. The Morgan fingerprint density at radius 1 is 1.12 bits per heavy atom. The molecule has 0 bridgehead atoms. The molecule has 1 amide bonds. The highest BCUT2D eigenvalue weighted by Crippen LogP contribution is 2.54. The lowest BCUT2D eigenvalue weighted by Crippen LogP contribution is -2.65. The zero-order valence-corrected chi connectivity index (χ0v) is 25.2. The minimum absolute atomic E-state index is 0.0394. The van der Waals surface area contributed by atoms with E-state index in [1.54, 1.807) is 14.1 Å². The number of rotatable bonds is 7. The number of Topliss-reactive ketones (excluding diaryl/α,β-unsaturated/α-hetero) is 2. The van der Waals surface area contributed by atoms with E-state index in [-0.39, 0.29) is 36.3 Å². The zero-order valence-electron chi connectivity index (χ0n) is 25.2. The number of phenols is 1. The van der Waals surface area contributed by atoms with Gasteiger partial charge in [0.1, 0.15) is 22.8 Å². The smallest absolute Gasteiger partial charge is 0.255 e. The molecule has 3 aliphatic carbocycles. The van der Waals surface area contributed by atoms with Crippen LogP contribution < -0.4 is 16.0 Å². The lowest BCUT2D eigenvalue weighted by Gasteiger charge is -2.50. The van der Waals surface area contributed by atoms with Crippen LogP contribution in [-0.4, -0.2) is 87.6 Å². The number of primary amides is 1. The molecule has 2 aromatic rings. The van der Waals surface area contributed by atoms with Crippen LogP contribution in [0.3, 0.4) is 0 Å². The van der Waals surface area contributed by atoms with Crippen molar-refractivity contribution in [2.75, 3.05) is 33.1 Å². The van der Waals surface area contributed by atoms with Crippen molar-refractivity contribution < 1.29 is 34.8 Å². The number of H-pyrrole nitrogens is 1. The number of hydrogen-bond donors (Lipinski definition) is 7. The summed E-state index contributed by atoms with van der Waals surface area (Å²) in [4.78, 5) is 46.2. The van der Waals surface area contributed by atoms with E-state index in [1.165, 1.54) is 4.90 Å². The Hall–Kier alpha value is -4.13. The largest absolute Gasteiger partial charge is 0.508 e. The van der Waals surface area contributed by atoms with Crippen molar-refractivity contribution in [2.24, 2.45) is 17.6 Å². The lowest BCUT2D eigenvalue weighted by molar-refractivity contribution is -0.153. The molecule has 12 heteroatoms. The summed E-state index contributed by atoms with van der Waals surface area (Å²) in [7, 11) is 6.82. The predicted molar refractivity (Wildman–Crippen MR) is 159 cm³/mol. The second-order valence-corrected chi connectivity index (χ2v) is 12.3. The lowest BCUT2D eigenvalue weighted by atomic mass is 9.57. The topological polar surface area (TPSA) is 192 Å². The number of aliphatic hydroxyl groups excluding tert-OH is 2. The van der Waals surface area contributed by atoms with Crippen molar-refractivity contribution in [3.05, 3.63) is 62.7 Å². The number of fused-ring (bicyclic) bond motifs is 3. The molecule has 230 valence electrons. The van der Waals surface area contributed by atoms with Crippen LogP contribution >= 0.6 is 0 Å². The van der Waals surface area contributed by atoms with Gasteiger partial charge in [0, 0.05) is 61.3 Å². The molecule has 43 heavy (non-hydrogen) atoms. The third-order valence-corrected chi connectivity index (χ3v) is 9.22. The molecule has 8 N–H and O–H groups in total. The Labute approximate surface area is 249 Å². The summed E-state index contributed by atoms with van der Waals surface area (Å²) in [6, 6.07) is 2.75. The molecule has 0 radical (unpaired) electrons. The highest BCUT2D eigenvalue weighted by molar-refractivity contribution is 6.24. The number of nitrogens with zero attached hydrogens (tertiary/aromatic N) is 2. The summed E-state index contributed by atoms with van der Waals surface area (Å²) >= 11 is 0. The number of anilines is 1. The highest BCUT2D eigenvalue weighted by Gasteiger charge is 2.64. The molecule has 4 atom stereocenters. The van der Waals surface area contributed by atoms with Gasteiger partial charge in [0.15, 0.2) is 11.4 Å². The summed E-state index contributed by atoms with van der Waals surface area (Å²) in [5.74, 6) is -6.64. The molecule has 1 aromatic carbocycles. The predicted octanol–water partition coefficient (Wildman–Crippen LogP) is 1.26. The van der Waals surface area contributed by atoms with Crippen LogP contribution in [0.4, 0.5) is 5.69 Å². The minimum Gasteiger partial charge on any atom is -0.508 e. The van der Waals surface area contributed by atoms with Crippen LogP contribution in [0.25, 0.3) is 5.76 Å². The molecule has 0 unspecified atom stereocenters. The first-order chi connectivity index (χ1) is 20.1. The van der Waals surface area contributed by atoms with E-state index < -0.39 is 58.0 Å². The molecular formula is C31H39N5O7. The maximum Gasteiger partial charge on any atom is 0.255 e. The number of aliphatic hydroxyl groups is 3. The molecule has 1 aromatic heterocycles. The van der Waals surface area contributed by atoms with Gasteiger partial charge in [-0.15, -0.1) is 0 Å². The average molecular weight is 594 g/mol. The van der Waals surface area contributed by atoms with E-state index in [9.17, 15) is 34.8 Å². The van der Waals surface area contributed by atoms with Crippen molar-refractivity contribution >= 4 is 28.9 Å². The number of aryl methyl sites for hydroxylation is 2. The van der Waals surface area contributed by atoms with Crippen LogP contribution in [0, 0.1) is 25.7 Å². The molecule has 0 spiro atoms. The number of ketones is 2. The Morgan fingerprint density at radius 2 is 1.79 bits per heavy atom. The second-order valence-electron chi connectivity index (χ2n) is 12.3. The van der Waals surface area contributed by atoms with Gasteiger partial charge in [-0.2, -0.15) is 0 Å². The quantitative estimate of drug-likeness (QED) is 0.230. The number of carbonyl (C=O) groups is 3. The molecule has 12 nitrogen and oxygen atoms in total. The number of hydrogen-bond acceptors (Lipinski definition) is 10. The van der Waals surface area contributed by atoms with Crippen molar-refractivity contribution in [1.29, 1.82) is 0 Å².